The number of rotatable bonds is 4. The summed E-state index contributed by atoms with van der Waals surface area (Å²) >= 11 is 0. The summed E-state index contributed by atoms with van der Waals surface area (Å²) in [6.45, 7) is 0. The number of nitrogens with zero attached hydrogens (tertiary/aromatic N) is 4. The Kier molecular flexibility index (Phi) is 4.31. The number of fused-ring (bicyclic) bond motifs is 3. The van der Waals surface area contributed by atoms with Crippen molar-refractivity contribution in [3.63, 3.8) is 0 Å². The molecule has 2 aromatic carbocycles. The predicted molar refractivity (Wildman–Crippen MR) is 106 cm³/mol. The second-order valence-corrected chi connectivity index (χ2v) is 6.01. The number of ether oxygens (including phenoxy) is 2. The first kappa shape index (κ1) is 17.4. The van der Waals surface area contributed by atoms with Gasteiger partial charge in [-0.2, -0.15) is 0 Å². The highest BCUT2D eigenvalue weighted by atomic mass is 16.5. The number of methoxy groups -OCH3 is 2. The Hall–Kier alpha value is -4.03. The molecule has 0 saturated carbocycles. The molecule has 0 aliphatic heterocycles. The summed E-state index contributed by atoms with van der Waals surface area (Å²) in [5.74, 6) is 0.438. The molecule has 0 aliphatic carbocycles. The van der Waals surface area contributed by atoms with Crippen LogP contribution in [-0.4, -0.2) is 30.1 Å². The maximum atomic E-state index is 12.3. The highest BCUT2D eigenvalue weighted by molar-refractivity contribution is 6.13. The van der Waals surface area contributed by atoms with Gasteiger partial charge in [0.25, 0.3) is 5.91 Å². The van der Waals surface area contributed by atoms with Gasteiger partial charge in [0, 0.05) is 26.8 Å². The van der Waals surface area contributed by atoms with E-state index in [1.807, 2.05) is 24.3 Å². The SMILES string of the molecule is COc1ccc(OC)c(-c2nc(C(=O)N=[N+]=[N-])cc3c2[nH]c2ccccc23)c1. The molecular weight excluding hydrogens is 358 g/mol. The van der Waals surface area contributed by atoms with Crippen LogP contribution in [0.25, 0.3) is 43.5 Å². The molecule has 8 nitrogen and oxygen atoms in total. The molecule has 0 aliphatic rings. The standard InChI is InChI=1S/C20H15N5O3/c1-27-11-7-8-17(28-2)14(9-11)19-18-13(10-16(23-19)20(26)24-25-21)12-5-3-4-6-15(12)22-18/h3-10,22H,1-2H3. The lowest BCUT2D eigenvalue weighted by Gasteiger charge is -2.12. The molecule has 4 aromatic rings. The van der Waals surface area contributed by atoms with Crippen LogP contribution in [0.3, 0.4) is 0 Å². The lowest BCUT2D eigenvalue weighted by Crippen LogP contribution is -2.01. The normalized spacial score (nSPS) is 10.6. The molecule has 0 fully saturated rings. The van der Waals surface area contributed by atoms with Crippen molar-refractivity contribution in [1.29, 1.82) is 0 Å². The average molecular weight is 373 g/mol. The van der Waals surface area contributed by atoms with Gasteiger partial charge in [-0.25, -0.2) is 4.98 Å². The van der Waals surface area contributed by atoms with E-state index in [9.17, 15) is 4.79 Å². The van der Waals surface area contributed by atoms with Gasteiger partial charge in [0.15, 0.2) is 0 Å². The zero-order valence-corrected chi connectivity index (χ0v) is 15.1. The van der Waals surface area contributed by atoms with E-state index in [0.29, 0.717) is 22.8 Å². The van der Waals surface area contributed by atoms with Crippen molar-refractivity contribution in [2.24, 2.45) is 5.11 Å². The highest BCUT2D eigenvalue weighted by Crippen LogP contribution is 2.38. The molecule has 1 amide bonds. The number of amides is 1. The molecule has 0 unspecified atom stereocenters. The minimum atomic E-state index is -0.752. The molecule has 2 heterocycles. The first-order chi connectivity index (χ1) is 13.7. The number of carbonyl (C=O) groups excluding carboxylic acids is 1. The van der Waals surface area contributed by atoms with Crippen molar-refractivity contribution in [2.75, 3.05) is 14.2 Å². The van der Waals surface area contributed by atoms with E-state index in [-0.39, 0.29) is 5.69 Å². The molecule has 0 radical (unpaired) electrons. The largest absolute Gasteiger partial charge is 0.497 e. The maximum absolute atomic E-state index is 12.3. The lowest BCUT2D eigenvalue weighted by atomic mass is 10.0. The van der Waals surface area contributed by atoms with Crippen LogP contribution >= 0.6 is 0 Å². The van der Waals surface area contributed by atoms with Crippen molar-refractivity contribution >= 4 is 27.7 Å². The quantitative estimate of drug-likeness (QED) is 0.313. The van der Waals surface area contributed by atoms with Crippen LogP contribution in [0.5, 0.6) is 11.5 Å². The second kappa shape index (κ2) is 6.94. The Labute approximate surface area is 159 Å². The van der Waals surface area contributed by atoms with E-state index in [0.717, 1.165) is 21.8 Å². The van der Waals surface area contributed by atoms with E-state index in [2.05, 4.69) is 20.0 Å². The zero-order chi connectivity index (χ0) is 19.7. The van der Waals surface area contributed by atoms with Gasteiger partial charge in [0.1, 0.15) is 17.2 Å². The Balaban J connectivity index is 2.12. The van der Waals surface area contributed by atoms with Crippen LogP contribution < -0.4 is 9.47 Å². The fourth-order valence-electron chi connectivity index (χ4n) is 3.24. The second-order valence-electron chi connectivity index (χ2n) is 6.01. The number of nitrogens with one attached hydrogen (secondary N) is 1. The third kappa shape index (κ3) is 2.78. The number of H-pyrrole nitrogens is 1. The van der Waals surface area contributed by atoms with Gasteiger partial charge in [0.2, 0.25) is 0 Å². The first-order valence-electron chi connectivity index (χ1n) is 8.39. The average Bonchev–Trinajstić information content (AvgIpc) is 3.11. The van der Waals surface area contributed by atoms with Crippen LogP contribution in [-0.2, 0) is 0 Å². The fraction of sp³-hybridized carbons (Fsp3) is 0.100. The van der Waals surface area contributed by atoms with Crippen LogP contribution in [0.2, 0.25) is 0 Å². The van der Waals surface area contributed by atoms with Crippen molar-refractivity contribution in [1.82, 2.24) is 9.97 Å². The number of aromatic amines is 1. The number of pyridine rings is 1. The van der Waals surface area contributed by atoms with Gasteiger partial charge in [-0.1, -0.05) is 18.2 Å². The fourth-order valence-corrected chi connectivity index (χ4v) is 3.24. The van der Waals surface area contributed by atoms with Crippen molar-refractivity contribution in [3.05, 3.63) is 64.7 Å². The van der Waals surface area contributed by atoms with Gasteiger partial charge in [-0.3, -0.25) is 4.79 Å². The van der Waals surface area contributed by atoms with E-state index >= 15 is 0 Å². The number of hydrogen-bond donors (Lipinski definition) is 1. The molecule has 8 heteroatoms. The number of azide groups is 1. The van der Waals surface area contributed by atoms with Gasteiger partial charge >= 0.3 is 0 Å². The Morgan fingerprint density at radius 3 is 2.68 bits per heavy atom. The number of aromatic nitrogens is 2. The topological polar surface area (TPSA) is 113 Å². The van der Waals surface area contributed by atoms with Crippen LogP contribution in [0, 0.1) is 0 Å². The van der Waals surface area contributed by atoms with E-state index in [1.54, 1.807) is 38.5 Å². The number of carbonyl (C=O) groups is 1. The molecule has 28 heavy (non-hydrogen) atoms. The van der Waals surface area contributed by atoms with Crippen molar-refractivity contribution < 1.29 is 14.3 Å². The predicted octanol–water partition coefficient (Wildman–Crippen LogP) is 4.85. The number of benzene rings is 2. The third-order valence-electron chi connectivity index (χ3n) is 4.51. The Morgan fingerprint density at radius 1 is 1.11 bits per heavy atom. The van der Waals surface area contributed by atoms with Crippen molar-refractivity contribution in [3.8, 4) is 22.8 Å². The minimum Gasteiger partial charge on any atom is -0.497 e. The number of para-hydroxylation sites is 1. The van der Waals surface area contributed by atoms with Gasteiger partial charge in [-0.05, 0) is 41.0 Å². The van der Waals surface area contributed by atoms with Gasteiger partial charge in [0.05, 0.1) is 25.4 Å². The maximum Gasteiger partial charge on any atom is 0.267 e. The Morgan fingerprint density at radius 2 is 1.93 bits per heavy atom. The minimum absolute atomic E-state index is 0.0509. The smallest absolute Gasteiger partial charge is 0.267 e. The summed E-state index contributed by atoms with van der Waals surface area (Å²) < 4.78 is 10.8. The highest BCUT2D eigenvalue weighted by Gasteiger charge is 2.19. The molecule has 0 bridgehead atoms. The summed E-state index contributed by atoms with van der Waals surface area (Å²) in [7, 11) is 3.13. The lowest BCUT2D eigenvalue weighted by molar-refractivity contribution is 0.0996. The zero-order valence-electron chi connectivity index (χ0n) is 15.1. The van der Waals surface area contributed by atoms with E-state index in [1.165, 1.54) is 0 Å². The summed E-state index contributed by atoms with van der Waals surface area (Å²) in [6, 6.07) is 14.7. The van der Waals surface area contributed by atoms with Crippen LogP contribution in [0.4, 0.5) is 0 Å². The number of hydrogen-bond acceptors (Lipinski definition) is 4. The third-order valence-corrected chi connectivity index (χ3v) is 4.51. The summed E-state index contributed by atoms with van der Waals surface area (Å²) in [5, 5.41) is 4.91. The molecular formula is C20H15N5O3. The van der Waals surface area contributed by atoms with E-state index < -0.39 is 5.91 Å². The van der Waals surface area contributed by atoms with E-state index in [4.69, 9.17) is 15.0 Å². The summed E-state index contributed by atoms with van der Waals surface area (Å²) in [4.78, 5) is 22.7. The van der Waals surface area contributed by atoms with Gasteiger partial charge in [-0.15, -0.1) is 0 Å². The molecule has 0 spiro atoms. The van der Waals surface area contributed by atoms with Crippen molar-refractivity contribution in [2.45, 2.75) is 0 Å². The molecule has 138 valence electrons. The molecule has 0 saturated heterocycles. The molecule has 2 aromatic heterocycles. The van der Waals surface area contributed by atoms with Gasteiger partial charge < -0.3 is 14.5 Å². The van der Waals surface area contributed by atoms with Crippen LogP contribution in [0.1, 0.15) is 10.5 Å². The Bertz CT molecular complexity index is 1270. The summed E-state index contributed by atoms with van der Waals surface area (Å²) in [5.41, 5.74) is 11.5. The molecule has 4 rings (SSSR count). The molecule has 0 atom stereocenters. The monoisotopic (exact) mass is 373 g/mol. The summed E-state index contributed by atoms with van der Waals surface area (Å²) in [6.07, 6.45) is 0. The molecule has 1 N–H and O–H groups in total. The first-order valence-corrected chi connectivity index (χ1v) is 8.39. The van der Waals surface area contributed by atoms with Crippen LogP contribution in [0.15, 0.2) is 53.6 Å².